The van der Waals surface area contributed by atoms with Crippen molar-refractivity contribution in [3.05, 3.63) is 119 Å². The number of carbonyl (C=O) groups excluding carboxylic acids is 1. The molecule has 0 fully saturated rings. The molecule has 0 bridgehead atoms. The number of aromatic nitrogens is 2. The zero-order valence-electron chi connectivity index (χ0n) is 19.3. The number of rotatable bonds is 7. The van der Waals surface area contributed by atoms with E-state index in [1.807, 2.05) is 29.1 Å². The van der Waals surface area contributed by atoms with Crippen LogP contribution in [0.5, 0.6) is 0 Å². The zero-order valence-corrected chi connectivity index (χ0v) is 20.1. The molecule has 0 saturated heterocycles. The second-order valence-electron chi connectivity index (χ2n) is 8.88. The average molecular weight is 486 g/mol. The lowest BCUT2D eigenvalue weighted by atomic mass is 9.92. The third-order valence-electron chi connectivity index (χ3n) is 6.39. The summed E-state index contributed by atoms with van der Waals surface area (Å²) in [7, 11) is -3.49. The number of sulfone groups is 1. The first-order valence-electron chi connectivity index (χ1n) is 11.8. The number of hydrogen-bond acceptors (Lipinski definition) is 4. The number of benzene rings is 3. The minimum absolute atomic E-state index is 0.118. The Morgan fingerprint density at radius 3 is 2.43 bits per heavy atom. The van der Waals surface area contributed by atoms with E-state index in [2.05, 4.69) is 22.5 Å². The van der Waals surface area contributed by atoms with Gasteiger partial charge in [0.2, 0.25) is 0 Å². The van der Waals surface area contributed by atoms with Crippen molar-refractivity contribution in [2.24, 2.45) is 0 Å². The second kappa shape index (κ2) is 9.88. The fourth-order valence-corrected chi connectivity index (χ4v) is 5.99. The molecular formula is C28H27N3O3S. The molecular weight excluding hydrogens is 458 g/mol. The Balaban J connectivity index is 1.31. The highest BCUT2D eigenvalue weighted by Gasteiger charge is 2.26. The normalized spacial score (nSPS) is 15.4. The number of nitrogens with one attached hydrogen (secondary N) is 1. The highest BCUT2D eigenvalue weighted by atomic mass is 32.2. The van der Waals surface area contributed by atoms with Crippen LogP contribution in [0.2, 0.25) is 0 Å². The smallest absolute Gasteiger partial charge is 0.251 e. The van der Waals surface area contributed by atoms with Gasteiger partial charge in [-0.15, -0.1) is 0 Å². The highest BCUT2D eigenvalue weighted by Crippen LogP contribution is 2.30. The molecule has 1 N–H and O–H groups in total. The average Bonchev–Trinajstić information content (AvgIpc) is 3.29. The predicted octanol–water partition coefficient (Wildman–Crippen LogP) is 4.71. The number of carbonyl (C=O) groups is 1. The van der Waals surface area contributed by atoms with Crippen LogP contribution in [0, 0.1) is 0 Å². The van der Waals surface area contributed by atoms with Gasteiger partial charge in [0.15, 0.2) is 9.84 Å². The Morgan fingerprint density at radius 1 is 0.943 bits per heavy atom. The van der Waals surface area contributed by atoms with Gasteiger partial charge in [-0.05, 0) is 54.7 Å². The van der Waals surface area contributed by atoms with Crippen LogP contribution in [-0.4, -0.2) is 24.1 Å². The molecule has 1 aromatic heterocycles. The molecule has 1 aliphatic carbocycles. The maximum absolute atomic E-state index is 13.1. The maximum Gasteiger partial charge on any atom is 0.251 e. The van der Waals surface area contributed by atoms with Gasteiger partial charge >= 0.3 is 0 Å². The van der Waals surface area contributed by atoms with E-state index in [9.17, 15) is 13.2 Å². The maximum atomic E-state index is 13.1. The van der Waals surface area contributed by atoms with Crippen molar-refractivity contribution >= 4 is 15.7 Å². The lowest BCUT2D eigenvalue weighted by Gasteiger charge is -2.24. The molecule has 35 heavy (non-hydrogen) atoms. The summed E-state index contributed by atoms with van der Waals surface area (Å²) in [5.41, 5.74) is 4.44. The largest absolute Gasteiger partial charge is 0.345 e. The van der Waals surface area contributed by atoms with Crippen LogP contribution in [0.15, 0.2) is 96.0 Å². The van der Waals surface area contributed by atoms with E-state index >= 15 is 0 Å². The van der Waals surface area contributed by atoms with Gasteiger partial charge in [-0.25, -0.2) is 8.42 Å². The molecule has 0 spiro atoms. The van der Waals surface area contributed by atoms with Gasteiger partial charge in [-0.3, -0.25) is 9.48 Å². The van der Waals surface area contributed by atoms with Crippen LogP contribution in [0.3, 0.4) is 0 Å². The summed E-state index contributed by atoms with van der Waals surface area (Å²) in [6, 6.07) is 25.3. The van der Waals surface area contributed by atoms with Gasteiger partial charge in [0, 0.05) is 16.8 Å². The second-order valence-corrected chi connectivity index (χ2v) is 10.9. The summed E-state index contributed by atoms with van der Waals surface area (Å²) < 4.78 is 27.5. The fraction of sp³-hybridized carbons (Fsp3) is 0.214. The molecule has 178 valence electrons. The number of nitrogens with zero attached hydrogens (tertiary/aromatic N) is 2. The minimum Gasteiger partial charge on any atom is -0.345 e. The fourth-order valence-electron chi connectivity index (χ4n) is 4.64. The molecule has 0 aliphatic heterocycles. The first-order chi connectivity index (χ1) is 17.0. The van der Waals surface area contributed by atoms with Crippen LogP contribution in [-0.2, 0) is 28.6 Å². The summed E-state index contributed by atoms with van der Waals surface area (Å²) in [4.78, 5) is 13.4. The van der Waals surface area contributed by atoms with E-state index in [0.29, 0.717) is 17.7 Å². The topological polar surface area (TPSA) is 81.1 Å². The summed E-state index contributed by atoms with van der Waals surface area (Å²) in [6.45, 7) is 0.703. The molecule has 1 heterocycles. The lowest BCUT2D eigenvalue weighted by molar-refractivity contribution is 0.0932. The SMILES string of the molecule is O=C(NC1CCCc2c1cnn2Cc1ccccc1)c1cccc(CS(=O)(=O)c2ccccc2)c1. The van der Waals surface area contributed by atoms with E-state index in [1.54, 1.807) is 54.6 Å². The first kappa shape index (κ1) is 23.1. The van der Waals surface area contributed by atoms with Gasteiger partial charge in [0.25, 0.3) is 5.91 Å². The van der Waals surface area contributed by atoms with Crippen molar-refractivity contribution in [2.75, 3.05) is 0 Å². The van der Waals surface area contributed by atoms with Gasteiger partial charge in [-0.1, -0.05) is 60.7 Å². The van der Waals surface area contributed by atoms with E-state index in [1.165, 1.54) is 5.56 Å². The van der Waals surface area contributed by atoms with Gasteiger partial charge in [0.1, 0.15) is 0 Å². The number of hydrogen-bond donors (Lipinski definition) is 1. The Hall–Kier alpha value is -3.71. The minimum atomic E-state index is -3.49. The summed E-state index contributed by atoms with van der Waals surface area (Å²) in [5, 5.41) is 7.75. The van der Waals surface area contributed by atoms with Gasteiger partial charge < -0.3 is 5.32 Å². The molecule has 1 atom stereocenters. The molecule has 1 unspecified atom stereocenters. The van der Waals surface area contributed by atoms with Crippen molar-refractivity contribution in [2.45, 2.75) is 42.5 Å². The molecule has 0 saturated carbocycles. The van der Waals surface area contributed by atoms with E-state index in [-0.39, 0.29) is 22.6 Å². The Morgan fingerprint density at radius 2 is 1.66 bits per heavy atom. The quantitative estimate of drug-likeness (QED) is 0.411. The monoisotopic (exact) mass is 485 g/mol. The molecule has 1 aliphatic rings. The van der Waals surface area contributed by atoms with Crippen LogP contribution in [0.1, 0.15) is 51.6 Å². The number of amides is 1. The van der Waals surface area contributed by atoms with Crippen LogP contribution in [0.25, 0.3) is 0 Å². The van der Waals surface area contributed by atoms with Crippen LogP contribution >= 0.6 is 0 Å². The standard InChI is InChI=1S/C28H27N3O3S/c32-28(23-12-7-11-22(17-23)20-35(33,34)24-13-5-2-6-14-24)30-26-15-8-16-27-25(26)18-29-31(27)19-21-9-3-1-4-10-21/h1-7,9-14,17-18,26H,8,15-16,19-20H2,(H,30,32). The Labute approximate surface area is 205 Å². The van der Waals surface area contributed by atoms with Crippen molar-refractivity contribution in [1.29, 1.82) is 0 Å². The third kappa shape index (κ3) is 5.20. The van der Waals surface area contributed by atoms with Crippen molar-refractivity contribution in [1.82, 2.24) is 15.1 Å². The highest BCUT2D eigenvalue weighted by molar-refractivity contribution is 7.90. The Kier molecular flexibility index (Phi) is 6.51. The Bertz CT molecular complexity index is 1430. The zero-order chi connectivity index (χ0) is 24.3. The molecule has 1 amide bonds. The summed E-state index contributed by atoms with van der Waals surface area (Å²) >= 11 is 0. The molecule has 3 aromatic carbocycles. The predicted molar refractivity (Wildman–Crippen MR) is 135 cm³/mol. The lowest BCUT2D eigenvalue weighted by Crippen LogP contribution is -2.31. The van der Waals surface area contributed by atoms with E-state index in [0.717, 1.165) is 30.5 Å². The van der Waals surface area contributed by atoms with Crippen molar-refractivity contribution < 1.29 is 13.2 Å². The molecule has 0 radical (unpaired) electrons. The number of fused-ring (bicyclic) bond motifs is 1. The summed E-state index contributed by atoms with van der Waals surface area (Å²) in [6.07, 6.45) is 4.61. The van der Waals surface area contributed by atoms with Crippen molar-refractivity contribution in [3.63, 3.8) is 0 Å². The molecule has 6 nitrogen and oxygen atoms in total. The van der Waals surface area contributed by atoms with Crippen LogP contribution in [0.4, 0.5) is 0 Å². The van der Waals surface area contributed by atoms with Gasteiger partial charge in [-0.2, -0.15) is 5.10 Å². The third-order valence-corrected chi connectivity index (χ3v) is 8.10. The van der Waals surface area contributed by atoms with Crippen molar-refractivity contribution in [3.8, 4) is 0 Å². The molecule has 5 rings (SSSR count). The molecule has 4 aromatic rings. The molecule has 7 heteroatoms. The van der Waals surface area contributed by atoms with Crippen LogP contribution < -0.4 is 5.32 Å². The van der Waals surface area contributed by atoms with Gasteiger partial charge in [0.05, 0.1) is 29.4 Å². The first-order valence-corrected chi connectivity index (χ1v) is 13.4. The van der Waals surface area contributed by atoms with E-state index in [4.69, 9.17) is 0 Å². The van der Waals surface area contributed by atoms with E-state index < -0.39 is 9.84 Å². The summed E-state index contributed by atoms with van der Waals surface area (Å²) in [5.74, 6) is -0.365.